The number of halogens is 3. The Hall–Kier alpha value is -1.72. The van der Waals surface area contributed by atoms with E-state index in [9.17, 15) is 13.2 Å². The number of nitrogens with one attached hydrogen (secondary N) is 1. The molecule has 0 amide bonds. The first-order valence-corrected chi connectivity index (χ1v) is 5.98. The van der Waals surface area contributed by atoms with Crippen LogP contribution in [0.15, 0.2) is 18.2 Å². The van der Waals surface area contributed by atoms with E-state index in [0.29, 0.717) is 0 Å². The van der Waals surface area contributed by atoms with Gasteiger partial charge in [0.1, 0.15) is 11.6 Å². The van der Waals surface area contributed by atoms with Crippen molar-refractivity contribution in [1.29, 1.82) is 5.41 Å². The van der Waals surface area contributed by atoms with E-state index in [1.165, 1.54) is 6.07 Å². The van der Waals surface area contributed by atoms with Crippen LogP contribution >= 0.6 is 0 Å². The lowest BCUT2D eigenvalue weighted by Gasteiger charge is -2.18. The van der Waals surface area contributed by atoms with Crippen molar-refractivity contribution in [2.75, 3.05) is 0 Å². The van der Waals surface area contributed by atoms with Crippen LogP contribution < -0.4 is 10.5 Å². The lowest BCUT2D eigenvalue weighted by Crippen LogP contribution is -2.18. The van der Waals surface area contributed by atoms with Gasteiger partial charge in [-0.2, -0.15) is 13.2 Å². The average molecular weight is 274 g/mol. The molecule has 6 heteroatoms. The molecule has 0 aromatic heterocycles. The normalized spacial score (nSPS) is 13.1. The highest BCUT2D eigenvalue weighted by Crippen LogP contribution is 2.32. The van der Waals surface area contributed by atoms with E-state index >= 15 is 0 Å². The predicted octanol–water partition coefficient (Wildman–Crippen LogP) is 3.56. The molecule has 0 spiro atoms. The van der Waals surface area contributed by atoms with Gasteiger partial charge in [0, 0.05) is 0 Å². The van der Waals surface area contributed by atoms with Crippen LogP contribution in [0, 0.1) is 5.41 Å². The summed E-state index contributed by atoms with van der Waals surface area (Å²) in [5.74, 6) is -0.230. The minimum Gasteiger partial charge on any atom is -0.490 e. The van der Waals surface area contributed by atoms with Gasteiger partial charge in [0.2, 0.25) is 0 Å². The first-order valence-electron chi connectivity index (χ1n) is 5.98. The van der Waals surface area contributed by atoms with Crippen molar-refractivity contribution in [3.05, 3.63) is 29.3 Å². The third kappa shape index (κ3) is 4.15. The van der Waals surface area contributed by atoms with Crippen LogP contribution in [-0.4, -0.2) is 11.9 Å². The molecule has 0 saturated heterocycles. The number of benzene rings is 1. The van der Waals surface area contributed by atoms with Crippen molar-refractivity contribution in [3.63, 3.8) is 0 Å². The van der Waals surface area contributed by atoms with Crippen molar-refractivity contribution in [3.8, 4) is 5.75 Å². The molecular formula is C13H17F3N2O. The summed E-state index contributed by atoms with van der Waals surface area (Å²) in [5, 5.41) is 7.35. The minimum absolute atomic E-state index is 0.0298. The fourth-order valence-electron chi connectivity index (χ4n) is 1.70. The zero-order valence-electron chi connectivity index (χ0n) is 10.8. The molecule has 3 N–H and O–H groups in total. The molecule has 0 fully saturated rings. The second-order valence-electron chi connectivity index (χ2n) is 4.34. The summed E-state index contributed by atoms with van der Waals surface area (Å²) >= 11 is 0. The summed E-state index contributed by atoms with van der Waals surface area (Å²) in [4.78, 5) is 0. The summed E-state index contributed by atoms with van der Waals surface area (Å²) in [6, 6.07) is 2.99. The summed E-state index contributed by atoms with van der Waals surface area (Å²) in [6.07, 6.45) is -2.92. The lowest BCUT2D eigenvalue weighted by atomic mass is 10.1. The first kappa shape index (κ1) is 15.3. The largest absolute Gasteiger partial charge is 0.490 e. The van der Waals surface area contributed by atoms with Crippen LogP contribution in [0.25, 0.3) is 0 Å². The van der Waals surface area contributed by atoms with Crippen molar-refractivity contribution in [2.24, 2.45) is 5.73 Å². The van der Waals surface area contributed by atoms with E-state index in [1.807, 2.05) is 13.8 Å². The highest BCUT2D eigenvalue weighted by atomic mass is 19.4. The predicted molar refractivity (Wildman–Crippen MR) is 67.5 cm³/mol. The van der Waals surface area contributed by atoms with Gasteiger partial charge >= 0.3 is 6.18 Å². The number of ether oxygens (including phenoxy) is 1. The maximum Gasteiger partial charge on any atom is 0.416 e. The number of hydrogen-bond donors (Lipinski definition) is 2. The molecule has 0 radical (unpaired) electrons. The smallest absolute Gasteiger partial charge is 0.416 e. The summed E-state index contributed by atoms with van der Waals surface area (Å²) in [7, 11) is 0. The number of alkyl halides is 3. The van der Waals surface area contributed by atoms with E-state index in [0.717, 1.165) is 25.0 Å². The molecule has 0 bridgehead atoms. The second kappa shape index (κ2) is 5.95. The minimum atomic E-state index is -4.46. The molecule has 1 aromatic carbocycles. The van der Waals surface area contributed by atoms with Gasteiger partial charge in [-0.15, -0.1) is 0 Å². The van der Waals surface area contributed by atoms with Gasteiger partial charge in [-0.25, -0.2) is 0 Å². The monoisotopic (exact) mass is 274 g/mol. The molecule has 1 atom stereocenters. The van der Waals surface area contributed by atoms with Gasteiger partial charge in [0.15, 0.2) is 0 Å². The highest BCUT2D eigenvalue weighted by molar-refractivity contribution is 5.97. The Morgan fingerprint density at radius 3 is 2.53 bits per heavy atom. The fraction of sp³-hybridized carbons (Fsp3) is 0.462. The van der Waals surface area contributed by atoms with Crippen LogP contribution in [0.3, 0.4) is 0 Å². The zero-order valence-corrected chi connectivity index (χ0v) is 10.8. The Morgan fingerprint density at radius 1 is 1.42 bits per heavy atom. The molecule has 0 aliphatic rings. The summed E-state index contributed by atoms with van der Waals surface area (Å²) < 4.78 is 43.3. The summed E-state index contributed by atoms with van der Waals surface area (Å²) in [6.45, 7) is 3.81. The Balaban J connectivity index is 3.09. The maximum absolute atomic E-state index is 12.6. The number of nitrogen functional groups attached to an aromatic ring is 1. The Morgan fingerprint density at radius 2 is 2.05 bits per heavy atom. The second-order valence-corrected chi connectivity index (χ2v) is 4.34. The number of rotatable bonds is 5. The third-order valence-corrected chi connectivity index (χ3v) is 2.62. The zero-order chi connectivity index (χ0) is 14.6. The SMILES string of the molecule is CCCC(C)Oc1ccc(C(F)(F)F)cc1C(=N)N. The molecule has 0 heterocycles. The van der Waals surface area contributed by atoms with E-state index in [1.54, 1.807) is 0 Å². The number of hydrogen-bond acceptors (Lipinski definition) is 2. The fourth-order valence-corrected chi connectivity index (χ4v) is 1.70. The molecule has 3 nitrogen and oxygen atoms in total. The Bertz CT molecular complexity index is 458. The van der Waals surface area contributed by atoms with Gasteiger partial charge in [0.05, 0.1) is 17.2 Å². The lowest BCUT2D eigenvalue weighted by molar-refractivity contribution is -0.137. The maximum atomic E-state index is 12.6. The summed E-state index contributed by atoms with van der Waals surface area (Å²) in [5.41, 5.74) is 4.44. The van der Waals surface area contributed by atoms with Crippen LogP contribution in [0.4, 0.5) is 13.2 Å². The van der Waals surface area contributed by atoms with E-state index in [-0.39, 0.29) is 17.4 Å². The molecule has 1 rings (SSSR count). The Kier molecular flexibility index (Phi) is 4.80. The van der Waals surface area contributed by atoms with Crippen molar-refractivity contribution in [1.82, 2.24) is 0 Å². The van der Waals surface area contributed by atoms with Gasteiger partial charge in [-0.3, -0.25) is 5.41 Å². The van der Waals surface area contributed by atoms with Crippen LogP contribution in [-0.2, 0) is 6.18 Å². The molecule has 0 saturated carbocycles. The van der Waals surface area contributed by atoms with E-state index in [4.69, 9.17) is 15.9 Å². The molecule has 1 unspecified atom stereocenters. The number of amidine groups is 1. The topological polar surface area (TPSA) is 59.1 Å². The van der Waals surface area contributed by atoms with Crippen molar-refractivity contribution >= 4 is 5.84 Å². The van der Waals surface area contributed by atoms with E-state index in [2.05, 4.69) is 0 Å². The van der Waals surface area contributed by atoms with Gasteiger partial charge in [-0.05, 0) is 31.5 Å². The van der Waals surface area contributed by atoms with Crippen LogP contribution in [0.5, 0.6) is 5.75 Å². The highest BCUT2D eigenvalue weighted by Gasteiger charge is 2.31. The number of nitrogens with two attached hydrogens (primary N) is 1. The molecular weight excluding hydrogens is 257 g/mol. The molecule has 0 aliphatic heterocycles. The van der Waals surface area contributed by atoms with Crippen LogP contribution in [0.1, 0.15) is 37.8 Å². The van der Waals surface area contributed by atoms with E-state index < -0.39 is 17.6 Å². The van der Waals surface area contributed by atoms with Gasteiger partial charge < -0.3 is 10.5 Å². The Labute approximate surface area is 110 Å². The van der Waals surface area contributed by atoms with Crippen LogP contribution in [0.2, 0.25) is 0 Å². The third-order valence-electron chi connectivity index (χ3n) is 2.62. The first-order chi connectivity index (χ1) is 8.75. The molecule has 0 aliphatic carbocycles. The molecule has 106 valence electrons. The average Bonchev–Trinajstić information content (AvgIpc) is 2.27. The van der Waals surface area contributed by atoms with Crippen molar-refractivity contribution < 1.29 is 17.9 Å². The molecule has 19 heavy (non-hydrogen) atoms. The standard InChI is InChI=1S/C13H17F3N2O/c1-3-4-8(2)19-11-6-5-9(13(14,15)16)7-10(11)12(17)18/h5-8H,3-4H2,1-2H3,(H3,17,18). The quantitative estimate of drug-likeness (QED) is 0.637. The molecule has 1 aromatic rings. The van der Waals surface area contributed by atoms with Crippen molar-refractivity contribution in [2.45, 2.75) is 39.0 Å². The van der Waals surface area contributed by atoms with Gasteiger partial charge in [0.25, 0.3) is 0 Å². The van der Waals surface area contributed by atoms with Gasteiger partial charge in [-0.1, -0.05) is 13.3 Å².